The highest BCUT2D eigenvalue weighted by Gasteiger charge is 2.27. The first kappa shape index (κ1) is 14.8. The lowest BCUT2D eigenvalue weighted by atomic mass is 10.1. The lowest BCUT2D eigenvalue weighted by molar-refractivity contribution is 0.0527. The molecule has 5 heteroatoms. The maximum atomic E-state index is 12.2. The Morgan fingerprint density at radius 2 is 2.14 bits per heavy atom. The zero-order valence-electron chi connectivity index (χ0n) is 12.3. The topological polar surface area (TPSA) is 58.9 Å². The van der Waals surface area contributed by atoms with Crippen LogP contribution in [0.3, 0.4) is 0 Å². The van der Waals surface area contributed by atoms with Crippen molar-refractivity contribution in [1.29, 1.82) is 0 Å². The zero-order valence-corrected chi connectivity index (χ0v) is 13.2. The monoisotopic (exact) mass is 315 g/mol. The molecule has 0 fully saturated rings. The number of benzene rings is 1. The van der Waals surface area contributed by atoms with Crippen LogP contribution in [0, 0.1) is 0 Å². The third-order valence-corrected chi connectivity index (χ3v) is 4.81. The third kappa shape index (κ3) is 2.90. The molecule has 1 aromatic carbocycles. The van der Waals surface area contributed by atoms with Crippen LogP contribution in [0.15, 0.2) is 29.3 Å². The Morgan fingerprint density at radius 3 is 2.86 bits per heavy atom. The minimum absolute atomic E-state index is 0.222. The number of thiophene rings is 1. The summed E-state index contributed by atoms with van der Waals surface area (Å²) < 4.78 is 5.18. The molecule has 0 spiro atoms. The molecule has 0 bridgehead atoms. The van der Waals surface area contributed by atoms with Gasteiger partial charge in [-0.05, 0) is 61.6 Å². The molecule has 3 rings (SSSR count). The molecular weight excluding hydrogens is 298 g/mol. The van der Waals surface area contributed by atoms with Crippen molar-refractivity contribution in [3.63, 3.8) is 0 Å². The van der Waals surface area contributed by atoms with Crippen molar-refractivity contribution < 1.29 is 14.6 Å². The van der Waals surface area contributed by atoms with Gasteiger partial charge in [0.1, 0.15) is 10.8 Å². The number of phenolic OH excluding ortho intramolecular Hbond substituents is 1. The molecule has 2 aromatic rings. The second kappa shape index (κ2) is 6.32. The molecule has 1 aliphatic carbocycles. The smallest absolute Gasteiger partial charge is 0.341 e. The molecule has 114 valence electrons. The average molecular weight is 315 g/mol. The molecule has 1 N–H and O–H groups in total. The highest BCUT2D eigenvalue weighted by Crippen LogP contribution is 2.41. The summed E-state index contributed by atoms with van der Waals surface area (Å²) in [5.41, 5.74) is 2.62. The molecular formula is C17H17NO3S. The molecule has 0 saturated carbocycles. The number of aryl methyl sites for hydroxylation is 1. The van der Waals surface area contributed by atoms with Crippen LogP contribution in [-0.2, 0) is 17.6 Å². The van der Waals surface area contributed by atoms with Crippen LogP contribution < -0.4 is 0 Å². The van der Waals surface area contributed by atoms with Crippen molar-refractivity contribution in [2.45, 2.75) is 26.2 Å². The molecule has 0 aliphatic heterocycles. The number of ether oxygens (including phenoxy) is 1. The summed E-state index contributed by atoms with van der Waals surface area (Å²) in [7, 11) is 0. The van der Waals surface area contributed by atoms with Gasteiger partial charge in [0.25, 0.3) is 0 Å². The van der Waals surface area contributed by atoms with Crippen LogP contribution in [-0.4, -0.2) is 23.9 Å². The Labute approximate surface area is 133 Å². The van der Waals surface area contributed by atoms with Crippen LogP contribution >= 0.6 is 11.3 Å². The summed E-state index contributed by atoms with van der Waals surface area (Å²) in [6.45, 7) is 2.18. The van der Waals surface area contributed by atoms with Gasteiger partial charge in [-0.15, -0.1) is 11.3 Å². The van der Waals surface area contributed by atoms with Crippen LogP contribution in [0.2, 0.25) is 0 Å². The van der Waals surface area contributed by atoms with Crippen molar-refractivity contribution in [1.82, 2.24) is 0 Å². The van der Waals surface area contributed by atoms with Gasteiger partial charge in [-0.1, -0.05) is 0 Å². The van der Waals surface area contributed by atoms with E-state index in [1.165, 1.54) is 4.88 Å². The van der Waals surface area contributed by atoms with Gasteiger partial charge in [0.05, 0.1) is 12.2 Å². The van der Waals surface area contributed by atoms with Gasteiger partial charge in [-0.25, -0.2) is 9.79 Å². The molecule has 1 aromatic heterocycles. The number of nitrogens with zero attached hydrogens (tertiary/aromatic N) is 1. The van der Waals surface area contributed by atoms with E-state index in [9.17, 15) is 9.90 Å². The van der Waals surface area contributed by atoms with Crippen molar-refractivity contribution in [3.05, 3.63) is 45.8 Å². The summed E-state index contributed by atoms with van der Waals surface area (Å²) in [5, 5.41) is 10.0. The van der Waals surface area contributed by atoms with Crippen LogP contribution in [0.25, 0.3) is 0 Å². The fourth-order valence-corrected chi connectivity index (χ4v) is 3.81. The summed E-state index contributed by atoms with van der Waals surface area (Å²) in [5.74, 6) is -0.0563. The van der Waals surface area contributed by atoms with Gasteiger partial charge >= 0.3 is 5.97 Å². The van der Waals surface area contributed by atoms with E-state index in [1.54, 1.807) is 41.8 Å². The third-order valence-electron chi connectivity index (χ3n) is 3.61. The van der Waals surface area contributed by atoms with Crippen molar-refractivity contribution in [3.8, 4) is 5.75 Å². The molecule has 0 atom stereocenters. The first-order valence-corrected chi connectivity index (χ1v) is 8.15. The van der Waals surface area contributed by atoms with E-state index >= 15 is 0 Å². The summed E-state index contributed by atoms with van der Waals surface area (Å²) >= 11 is 1.58. The number of carbonyl (C=O) groups excluding carboxylic acids is 1. The van der Waals surface area contributed by atoms with Gasteiger partial charge in [-0.3, -0.25) is 0 Å². The number of fused-ring (bicyclic) bond motifs is 1. The molecule has 0 unspecified atom stereocenters. The van der Waals surface area contributed by atoms with Crippen LogP contribution in [0.5, 0.6) is 5.75 Å². The van der Waals surface area contributed by atoms with Crippen molar-refractivity contribution in [2.24, 2.45) is 4.99 Å². The first-order valence-electron chi connectivity index (χ1n) is 7.33. The molecule has 0 amide bonds. The van der Waals surface area contributed by atoms with Gasteiger partial charge < -0.3 is 9.84 Å². The summed E-state index contributed by atoms with van der Waals surface area (Å²) in [6, 6.07) is 6.79. The zero-order chi connectivity index (χ0) is 15.5. The van der Waals surface area contributed by atoms with Crippen molar-refractivity contribution >= 4 is 28.5 Å². The number of hydrogen-bond acceptors (Lipinski definition) is 5. The molecule has 0 saturated heterocycles. The number of aromatic hydroxyl groups is 1. The number of phenols is 1. The minimum Gasteiger partial charge on any atom is -0.508 e. The number of hydrogen-bond donors (Lipinski definition) is 1. The molecule has 1 heterocycles. The first-order chi connectivity index (χ1) is 10.7. The van der Waals surface area contributed by atoms with Crippen molar-refractivity contribution in [2.75, 3.05) is 6.61 Å². The lowest BCUT2D eigenvalue weighted by Gasteiger charge is -2.03. The predicted octanol–water partition coefficient (Wildman–Crippen LogP) is 3.87. The molecule has 22 heavy (non-hydrogen) atoms. The SMILES string of the molecule is CCOC(=O)c1c(N=Cc2ccc(O)cc2)sc2c1CCC2. The highest BCUT2D eigenvalue weighted by molar-refractivity contribution is 7.16. The van der Waals surface area contributed by atoms with E-state index < -0.39 is 0 Å². The van der Waals surface area contributed by atoms with Crippen LogP contribution in [0.4, 0.5) is 5.00 Å². The predicted molar refractivity (Wildman–Crippen MR) is 87.7 cm³/mol. The largest absolute Gasteiger partial charge is 0.508 e. The van der Waals surface area contributed by atoms with E-state index in [-0.39, 0.29) is 11.7 Å². The quantitative estimate of drug-likeness (QED) is 0.688. The minimum atomic E-state index is -0.278. The Kier molecular flexibility index (Phi) is 4.24. The van der Waals surface area contributed by atoms with E-state index in [1.807, 2.05) is 6.92 Å². The van der Waals surface area contributed by atoms with Gasteiger partial charge in [-0.2, -0.15) is 0 Å². The second-order valence-corrected chi connectivity index (χ2v) is 6.19. The van der Waals surface area contributed by atoms with Crippen LogP contribution in [0.1, 0.15) is 39.7 Å². The molecule has 0 radical (unpaired) electrons. The Bertz CT molecular complexity index is 716. The Hall–Kier alpha value is -2.14. The van der Waals surface area contributed by atoms with E-state index in [2.05, 4.69) is 4.99 Å². The lowest BCUT2D eigenvalue weighted by Crippen LogP contribution is -2.06. The second-order valence-electron chi connectivity index (χ2n) is 5.11. The van der Waals surface area contributed by atoms with E-state index in [0.29, 0.717) is 12.2 Å². The maximum Gasteiger partial charge on any atom is 0.341 e. The van der Waals surface area contributed by atoms with Gasteiger partial charge in [0.15, 0.2) is 0 Å². The fraction of sp³-hybridized carbons (Fsp3) is 0.294. The average Bonchev–Trinajstić information content (AvgIpc) is 3.07. The summed E-state index contributed by atoms with van der Waals surface area (Å²) in [4.78, 5) is 18.0. The van der Waals surface area contributed by atoms with Gasteiger partial charge in [0.2, 0.25) is 0 Å². The Balaban J connectivity index is 1.93. The fourth-order valence-electron chi connectivity index (χ4n) is 2.59. The Morgan fingerprint density at radius 1 is 1.36 bits per heavy atom. The number of carbonyl (C=O) groups is 1. The number of aliphatic imine (C=N–C) groups is 1. The normalized spacial score (nSPS) is 13.5. The standard InChI is InChI=1S/C17H17NO3S/c1-2-21-17(20)15-13-4-3-5-14(13)22-16(15)18-10-11-6-8-12(19)9-7-11/h6-10,19H,2-5H2,1H3. The number of esters is 1. The molecule has 1 aliphatic rings. The van der Waals surface area contributed by atoms with E-state index in [4.69, 9.17) is 4.74 Å². The summed E-state index contributed by atoms with van der Waals surface area (Å²) in [6.07, 6.45) is 4.74. The maximum absolute atomic E-state index is 12.2. The molecule has 4 nitrogen and oxygen atoms in total. The number of rotatable bonds is 4. The van der Waals surface area contributed by atoms with E-state index in [0.717, 1.165) is 35.4 Å². The van der Waals surface area contributed by atoms with Gasteiger partial charge in [0, 0.05) is 11.1 Å². The highest BCUT2D eigenvalue weighted by atomic mass is 32.1.